The van der Waals surface area contributed by atoms with Gasteiger partial charge in [-0.1, -0.05) is 48.7 Å². The topological polar surface area (TPSA) is 41.5 Å². The number of Topliss-reactive ketones (excluding diaryl/α,β-unsaturated/α-hetero) is 1. The lowest BCUT2D eigenvalue weighted by Gasteiger charge is -2.10. The molecule has 132 valence electrons. The van der Waals surface area contributed by atoms with Gasteiger partial charge in [0.25, 0.3) is 0 Å². The number of rotatable bonds is 8. The minimum atomic E-state index is -0.564. The van der Waals surface area contributed by atoms with Gasteiger partial charge in [-0.15, -0.1) is 0 Å². The minimum Gasteiger partial charge on any atom is -0.378 e. The van der Waals surface area contributed by atoms with Crippen molar-refractivity contribution >= 4 is 46.1 Å². The van der Waals surface area contributed by atoms with Gasteiger partial charge in [-0.3, -0.25) is 4.79 Å². The zero-order valence-corrected chi connectivity index (χ0v) is 15.4. The van der Waals surface area contributed by atoms with Gasteiger partial charge in [0.05, 0.1) is 22.9 Å². The zero-order valence-electron chi connectivity index (χ0n) is 13.9. The van der Waals surface area contributed by atoms with Crippen LogP contribution in [0, 0.1) is 5.82 Å². The first kappa shape index (κ1) is 19.4. The summed E-state index contributed by atoms with van der Waals surface area (Å²) in [5.74, 6) is -0.679. The SMILES string of the molecule is CCCCC(=O)C(CNc1ccccc1Cl)=Nc1ccc(Cl)cc1F. The third-order valence-corrected chi connectivity index (χ3v) is 4.13. The van der Waals surface area contributed by atoms with Crippen molar-refractivity contribution in [2.45, 2.75) is 26.2 Å². The number of nitrogens with one attached hydrogen (secondary N) is 1. The van der Waals surface area contributed by atoms with Crippen LogP contribution in [-0.4, -0.2) is 18.0 Å². The van der Waals surface area contributed by atoms with Gasteiger partial charge in [0.1, 0.15) is 11.5 Å². The maximum Gasteiger partial charge on any atom is 0.178 e. The van der Waals surface area contributed by atoms with Crippen molar-refractivity contribution in [2.75, 3.05) is 11.9 Å². The van der Waals surface area contributed by atoms with E-state index in [1.807, 2.05) is 19.1 Å². The van der Waals surface area contributed by atoms with Gasteiger partial charge in [0, 0.05) is 11.4 Å². The summed E-state index contributed by atoms with van der Waals surface area (Å²) in [4.78, 5) is 16.7. The summed E-state index contributed by atoms with van der Waals surface area (Å²) < 4.78 is 14.0. The first-order valence-corrected chi connectivity index (χ1v) is 8.81. The summed E-state index contributed by atoms with van der Waals surface area (Å²) in [6.07, 6.45) is 2.02. The molecule has 1 N–H and O–H groups in total. The van der Waals surface area contributed by atoms with Crippen LogP contribution in [0.4, 0.5) is 15.8 Å². The van der Waals surface area contributed by atoms with E-state index in [1.165, 1.54) is 12.1 Å². The van der Waals surface area contributed by atoms with E-state index in [0.717, 1.165) is 12.8 Å². The number of anilines is 1. The number of hydrogen-bond acceptors (Lipinski definition) is 3. The fourth-order valence-electron chi connectivity index (χ4n) is 2.18. The Morgan fingerprint density at radius 3 is 2.64 bits per heavy atom. The quantitative estimate of drug-likeness (QED) is 0.564. The number of hydrogen-bond donors (Lipinski definition) is 1. The van der Waals surface area contributed by atoms with Gasteiger partial charge >= 0.3 is 0 Å². The Labute approximate surface area is 156 Å². The summed E-state index contributed by atoms with van der Waals surface area (Å²) in [7, 11) is 0. The van der Waals surface area contributed by atoms with Crippen LogP contribution in [0.15, 0.2) is 47.5 Å². The highest BCUT2D eigenvalue weighted by molar-refractivity contribution is 6.41. The van der Waals surface area contributed by atoms with Crippen molar-refractivity contribution in [1.29, 1.82) is 0 Å². The highest BCUT2D eigenvalue weighted by atomic mass is 35.5. The van der Waals surface area contributed by atoms with Crippen LogP contribution in [0.1, 0.15) is 26.2 Å². The largest absolute Gasteiger partial charge is 0.378 e. The Morgan fingerprint density at radius 2 is 1.96 bits per heavy atom. The fraction of sp³-hybridized carbons (Fsp3) is 0.263. The number of para-hydroxylation sites is 1. The van der Waals surface area contributed by atoms with Crippen molar-refractivity contribution in [3.8, 4) is 0 Å². The molecule has 0 aliphatic heterocycles. The molecule has 0 radical (unpaired) electrons. The summed E-state index contributed by atoms with van der Waals surface area (Å²) in [6.45, 7) is 2.17. The van der Waals surface area contributed by atoms with E-state index in [1.54, 1.807) is 18.2 Å². The van der Waals surface area contributed by atoms with Crippen LogP contribution in [0.2, 0.25) is 10.0 Å². The molecule has 2 aromatic rings. The Kier molecular flexibility index (Phi) is 7.41. The van der Waals surface area contributed by atoms with E-state index < -0.39 is 5.82 Å². The van der Waals surface area contributed by atoms with Crippen molar-refractivity contribution < 1.29 is 9.18 Å². The van der Waals surface area contributed by atoms with Gasteiger partial charge in [0.2, 0.25) is 0 Å². The fourth-order valence-corrected chi connectivity index (χ4v) is 2.54. The van der Waals surface area contributed by atoms with E-state index in [4.69, 9.17) is 23.2 Å². The number of unbranched alkanes of at least 4 members (excludes halogenated alkanes) is 1. The number of nitrogens with zero attached hydrogens (tertiary/aromatic N) is 1. The second kappa shape index (κ2) is 9.54. The number of halogens is 3. The highest BCUT2D eigenvalue weighted by Crippen LogP contribution is 2.23. The van der Waals surface area contributed by atoms with Crippen LogP contribution in [0.25, 0.3) is 0 Å². The summed E-state index contributed by atoms with van der Waals surface area (Å²) in [5.41, 5.74) is 1.04. The van der Waals surface area contributed by atoms with Crippen LogP contribution in [0.3, 0.4) is 0 Å². The van der Waals surface area contributed by atoms with Crippen LogP contribution < -0.4 is 5.32 Å². The lowest BCUT2D eigenvalue weighted by atomic mass is 10.1. The molecule has 0 bridgehead atoms. The molecule has 0 heterocycles. The van der Waals surface area contributed by atoms with Gasteiger partial charge in [-0.05, 0) is 36.8 Å². The van der Waals surface area contributed by atoms with Crippen molar-refractivity contribution in [1.82, 2.24) is 0 Å². The maximum absolute atomic E-state index is 14.0. The molecule has 0 atom stereocenters. The first-order chi connectivity index (χ1) is 12.0. The predicted octanol–water partition coefficient (Wildman–Crippen LogP) is 6.08. The average molecular weight is 381 g/mol. The molecule has 0 aliphatic carbocycles. The third-order valence-electron chi connectivity index (χ3n) is 3.56. The standard InChI is InChI=1S/C19H19Cl2FN2O/c1-2-3-8-19(25)18(12-23-16-7-5-4-6-14(16)21)24-17-10-9-13(20)11-15(17)22/h4-7,9-11,23H,2-3,8,12H2,1H3. The Balaban J connectivity index is 2.24. The van der Waals surface area contributed by atoms with Gasteiger partial charge in [0.15, 0.2) is 5.78 Å². The summed E-state index contributed by atoms with van der Waals surface area (Å²) >= 11 is 11.9. The van der Waals surface area contributed by atoms with E-state index in [2.05, 4.69) is 10.3 Å². The zero-order chi connectivity index (χ0) is 18.2. The van der Waals surface area contributed by atoms with Crippen molar-refractivity contribution in [3.05, 3.63) is 58.3 Å². The second-order valence-electron chi connectivity index (χ2n) is 5.51. The van der Waals surface area contributed by atoms with E-state index in [-0.39, 0.29) is 28.7 Å². The molecule has 0 amide bonds. The van der Waals surface area contributed by atoms with Crippen molar-refractivity contribution in [3.63, 3.8) is 0 Å². The average Bonchev–Trinajstić information content (AvgIpc) is 2.59. The molecule has 2 aromatic carbocycles. The van der Waals surface area contributed by atoms with Gasteiger partial charge in [-0.25, -0.2) is 9.38 Å². The number of carbonyl (C=O) groups is 1. The predicted molar refractivity (Wildman–Crippen MR) is 103 cm³/mol. The van der Waals surface area contributed by atoms with Crippen LogP contribution in [0.5, 0.6) is 0 Å². The minimum absolute atomic E-state index is 0.0882. The molecular weight excluding hydrogens is 362 g/mol. The van der Waals surface area contributed by atoms with Gasteiger partial charge in [-0.2, -0.15) is 0 Å². The summed E-state index contributed by atoms with van der Waals surface area (Å²) in [6, 6.07) is 11.4. The molecule has 3 nitrogen and oxygen atoms in total. The Hall–Kier alpha value is -1.91. The molecule has 2 rings (SSSR count). The smallest absolute Gasteiger partial charge is 0.178 e. The Bertz CT molecular complexity index is 778. The summed E-state index contributed by atoms with van der Waals surface area (Å²) in [5, 5.41) is 3.91. The lowest BCUT2D eigenvalue weighted by Crippen LogP contribution is -2.23. The van der Waals surface area contributed by atoms with Crippen LogP contribution >= 0.6 is 23.2 Å². The molecule has 0 aromatic heterocycles. The highest BCUT2D eigenvalue weighted by Gasteiger charge is 2.13. The molecule has 6 heteroatoms. The molecule has 0 spiro atoms. The lowest BCUT2D eigenvalue weighted by molar-refractivity contribution is -0.113. The molecule has 0 unspecified atom stereocenters. The number of benzene rings is 2. The van der Waals surface area contributed by atoms with E-state index >= 15 is 0 Å². The number of carbonyl (C=O) groups excluding carboxylic acids is 1. The molecule has 0 saturated carbocycles. The normalized spacial score (nSPS) is 11.4. The molecular formula is C19H19Cl2FN2O. The van der Waals surface area contributed by atoms with E-state index in [0.29, 0.717) is 17.1 Å². The second-order valence-corrected chi connectivity index (χ2v) is 6.36. The Morgan fingerprint density at radius 1 is 1.20 bits per heavy atom. The first-order valence-electron chi connectivity index (χ1n) is 8.05. The van der Waals surface area contributed by atoms with E-state index in [9.17, 15) is 9.18 Å². The maximum atomic E-state index is 14.0. The third kappa shape index (κ3) is 5.83. The monoisotopic (exact) mass is 380 g/mol. The van der Waals surface area contributed by atoms with Crippen molar-refractivity contribution in [2.24, 2.45) is 4.99 Å². The molecule has 25 heavy (non-hydrogen) atoms. The molecule has 0 saturated heterocycles. The number of aliphatic imine (C=N–C) groups is 1. The van der Waals surface area contributed by atoms with Crippen LogP contribution in [-0.2, 0) is 4.79 Å². The number of ketones is 1. The van der Waals surface area contributed by atoms with Gasteiger partial charge < -0.3 is 5.32 Å². The molecule has 0 fully saturated rings. The molecule has 0 aliphatic rings.